The molecule has 0 aliphatic heterocycles. The molecule has 1 amide bonds. The lowest BCUT2D eigenvalue weighted by molar-refractivity contribution is -0.116. The number of amides is 1. The molecule has 0 spiro atoms. The Labute approximate surface area is 119 Å². The normalized spacial score (nSPS) is 10.5. The van der Waals surface area contributed by atoms with Gasteiger partial charge in [-0.3, -0.25) is 9.69 Å². The molecular formula is C12H13ClN2O3S. The first-order valence-corrected chi connectivity index (χ1v) is 6.97. The third kappa shape index (κ3) is 3.08. The van der Waals surface area contributed by atoms with E-state index >= 15 is 0 Å². The molecule has 0 aliphatic carbocycles. The number of aryl methyl sites for hydroxylation is 1. The van der Waals surface area contributed by atoms with Crippen molar-refractivity contribution in [3.05, 3.63) is 28.2 Å². The zero-order valence-corrected chi connectivity index (χ0v) is 12.1. The van der Waals surface area contributed by atoms with Crippen molar-refractivity contribution in [2.45, 2.75) is 13.5 Å². The van der Waals surface area contributed by atoms with E-state index in [4.69, 9.17) is 20.9 Å². The number of carbonyl (C=O) groups excluding carboxylic acids is 1. The van der Waals surface area contributed by atoms with E-state index in [0.29, 0.717) is 18.1 Å². The largest absolute Gasteiger partial charge is 0.496 e. The lowest BCUT2D eigenvalue weighted by Crippen LogP contribution is -2.31. The molecule has 2 heterocycles. The summed E-state index contributed by atoms with van der Waals surface area (Å²) in [5, 5.41) is 5.76. The van der Waals surface area contributed by atoms with E-state index in [1.54, 1.807) is 20.1 Å². The highest BCUT2D eigenvalue weighted by Crippen LogP contribution is 2.28. The molecule has 0 saturated heterocycles. The fourth-order valence-corrected chi connectivity index (χ4v) is 2.59. The van der Waals surface area contributed by atoms with Crippen molar-refractivity contribution >= 4 is 34.7 Å². The van der Waals surface area contributed by atoms with E-state index in [2.05, 4.69) is 5.16 Å². The van der Waals surface area contributed by atoms with Crippen LogP contribution in [0.3, 0.4) is 0 Å². The summed E-state index contributed by atoms with van der Waals surface area (Å²) >= 11 is 7.15. The second-order valence-electron chi connectivity index (χ2n) is 3.82. The number of halogens is 1. The van der Waals surface area contributed by atoms with E-state index in [0.717, 1.165) is 10.6 Å². The molecule has 5 nitrogen and oxygen atoms in total. The number of rotatable bonds is 5. The van der Waals surface area contributed by atoms with Crippen LogP contribution in [0.15, 0.2) is 22.0 Å². The third-order valence-corrected chi connectivity index (χ3v) is 3.65. The van der Waals surface area contributed by atoms with Crippen LogP contribution in [-0.2, 0) is 11.3 Å². The number of ether oxygens (including phenoxy) is 1. The molecule has 0 radical (unpaired) electrons. The molecule has 0 saturated carbocycles. The number of alkyl halides is 1. The molecule has 102 valence electrons. The van der Waals surface area contributed by atoms with Gasteiger partial charge in [0.25, 0.3) is 0 Å². The fraction of sp³-hybridized carbons (Fsp3) is 0.333. The van der Waals surface area contributed by atoms with Crippen LogP contribution in [0, 0.1) is 6.92 Å². The average molecular weight is 301 g/mol. The van der Waals surface area contributed by atoms with Crippen LogP contribution in [0.4, 0.5) is 5.82 Å². The Morgan fingerprint density at radius 1 is 1.63 bits per heavy atom. The van der Waals surface area contributed by atoms with Gasteiger partial charge in [-0.25, -0.2) is 0 Å². The van der Waals surface area contributed by atoms with E-state index in [-0.39, 0.29) is 11.8 Å². The second-order valence-corrected chi connectivity index (χ2v) is 5.09. The first kappa shape index (κ1) is 13.9. The summed E-state index contributed by atoms with van der Waals surface area (Å²) in [6.45, 7) is 2.13. The second kappa shape index (κ2) is 6.08. The van der Waals surface area contributed by atoms with Gasteiger partial charge in [0.2, 0.25) is 5.91 Å². The van der Waals surface area contributed by atoms with Gasteiger partial charge >= 0.3 is 0 Å². The summed E-state index contributed by atoms with van der Waals surface area (Å²) in [6.07, 6.45) is 0. The van der Waals surface area contributed by atoms with Gasteiger partial charge in [0.05, 0.1) is 18.5 Å². The molecular weight excluding hydrogens is 288 g/mol. The summed E-state index contributed by atoms with van der Waals surface area (Å²) in [7, 11) is 1.60. The van der Waals surface area contributed by atoms with Gasteiger partial charge in [-0.2, -0.15) is 0 Å². The highest BCUT2D eigenvalue weighted by atomic mass is 35.5. The van der Waals surface area contributed by atoms with Crippen LogP contribution in [0.25, 0.3) is 0 Å². The maximum atomic E-state index is 11.9. The maximum absolute atomic E-state index is 11.9. The number of carbonyl (C=O) groups is 1. The van der Waals surface area contributed by atoms with Crippen molar-refractivity contribution in [1.82, 2.24) is 5.16 Å². The quantitative estimate of drug-likeness (QED) is 0.797. The van der Waals surface area contributed by atoms with Crippen molar-refractivity contribution < 1.29 is 14.1 Å². The van der Waals surface area contributed by atoms with Gasteiger partial charge in [-0.15, -0.1) is 22.9 Å². The summed E-state index contributed by atoms with van der Waals surface area (Å²) in [4.78, 5) is 14.3. The van der Waals surface area contributed by atoms with Gasteiger partial charge in [-0.1, -0.05) is 5.16 Å². The zero-order chi connectivity index (χ0) is 13.8. The van der Waals surface area contributed by atoms with E-state index < -0.39 is 0 Å². The number of methoxy groups -OCH3 is 1. The number of nitrogens with zero attached hydrogens (tertiary/aromatic N) is 2. The molecule has 2 aromatic rings. The van der Waals surface area contributed by atoms with Crippen molar-refractivity contribution in [3.63, 3.8) is 0 Å². The van der Waals surface area contributed by atoms with Crippen LogP contribution < -0.4 is 9.64 Å². The highest BCUT2D eigenvalue weighted by molar-refractivity contribution is 7.10. The molecule has 0 atom stereocenters. The number of thiophene rings is 1. The SMILES string of the molecule is COc1ccsc1CN(C(=O)CCl)c1cc(C)on1. The minimum atomic E-state index is -0.231. The first-order valence-electron chi connectivity index (χ1n) is 5.55. The highest BCUT2D eigenvalue weighted by Gasteiger charge is 2.20. The Hall–Kier alpha value is -1.53. The van der Waals surface area contributed by atoms with E-state index in [1.807, 2.05) is 11.4 Å². The van der Waals surface area contributed by atoms with Crippen LogP contribution in [-0.4, -0.2) is 24.1 Å². The lowest BCUT2D eigenvalue weighted by Gasteiger charge is -2.18. The van der Waals surface area contributed by atoms with Crippen molar-refractivity contribution in [3.8, 4) is 5.75 Å². The molecule has 0 aromatic carbocycles. The number of hydrogen-bond donors (Lipinski definition) is 0. The maximum Gasteiger partial charge on any atom is 0.243 e. The predicted octanol–water partition coefficient (Wildman–Crippen LogP) is 2.83. The van der Waals surface area contributed by atoms with E-state index in [9.17, 15) is 4.79 Å². The van der Waals surface area contributed by atoms with Gasteiger partial charge < -0.3 is 9.26 Å². The lowest BCUT2D eigenvalue weighted by atomic mass is 10.3. The summed E-state index contributed by atoms with van der Waals surface area (Å²) in [5.74, 6) is 1.50. The Kier molecular flexibility index (Phi) is 4.44. The molecule has 7 heteroatoms. The summed E-state index contributed by atoms with van der Waals surface area (Å²) in [6, 6.07) is 3.56. The number of aromatic nitrogens is 1. The van der Waals surface area contributed by atoms with E-state index in [1.165, 1.54) is 16.2 Å². The molecule has 0 bridgehead atoms. The van der Waals surface area contributed by atoms with Crippen LogP contribution in [0.1, 0.15) is 10.6 Å². The molecule has 0 unspecified atom stereocenters. The molecule has 0 N–H and O–H groups in total. The van der Waals surface area contributed by atoms with Gasteiger partial charge in [0.1, 0.15) is 17.4 Å². The first-order chi connectivity index (χ1) is 9.15. The zero-order valence-electron chi connectivity index (χ0n) is 10.6. The fourth-order valence-electron chi connectivity index (χ4n) is 1.62. The number of anilines is 1. The van der Waals surface area contributed by atoms with Gasteiger partial charge in [0.15, 0.2) is 5.82 Å². The van der Waals surface area contributed by atoms with Crippen LogP contribution in [0.2, 0.25) is 0 Å². The average Bonchev–Trinajstić information content (AvgIpc) is 3.03. The Balaban J connectivity index is 2.26. The third-order valence-electron chi connectivity index (χ3n) is 2.53. The molecule has 2 rings (SSSR count). The van der Waals surface area contributed by atoms with Crippen molar-refractivity contribution in [1.29, 1.82) is 0 Å². The van der Waals surface area contributed by atoms with Gasteiger partial charge in [0, 0.05) is 6.07 Å². The monoisotopic (exact) mass is 300 g/mol. The molecule has 2 aromatic heterocycles. The Bertz CT molecular complexity index is 567. The molecule has 0 fully saturated rings. The van der Waals surface area contributed by atoms with Crippen LogP contribution in [0.5, 0.6) is 5.75 Å². The Morgan fingerprint density at radius 3 is 3.00 bits per heavy atom. The minimum Gasteiger partial charge on any atom is -0.496 e. The predicted molar refractivity (Wildman–Crippen MR) is 74.0 cm³/mol. The van der Waals surface area contributed by atoms with Crippen LogP contribution >= 0.6 is 22.9 Å². The van der Waals surface area contributed by atoms with Gasteiger partial charge in [-0.05, 0) is 18.4 Å². The smallest absolute Gasteiger partial charge is 0.243 e. The summed E-state index contributed by atoms with van der Waals surface area (Å²) < 4.78 is 10.2. The van der Waals surface area contributed by atoms with Crippen molar-refractivity contribution in [2.75, 3.05) is 17.9 Å². The molecule has 0 aliphatic rings. The molecule has 19 heavy (non-hydrogen) atoms. The van der Waals surface area contributed by atoms with Crippen molar-refractivity contribution in [2.24, 2.45) is 0 Å². The number of hydrogen-bond acceptors (Lipinski definition) is 5. The topological polar surface area (TPSA) is 55.6 Å². The summed E-state index contributed by atoms with van der Waals surface area (Å²) in [5.41, 5.74) is 0. The standard InChI is InChI=1S/C12H13ClN2O3S/c1-8-5-11(14-18-8)15(12(16)6-13)7-10-9(17-2)3-4-19-10/h3-5H,6-7H2,1-2H3. The Morgan fingerprint density at radius 2 is 2.42 bits per heavy atom. The minimum absolute atomic E-state index is 0.112.